The number of piperidine rings is 1. The van der Waals surface area contributed by atoms with Crippen LogP contribution in [0.1, 0.15) is 44.1 Å². The summed E-state index contributed by atoms with van der Waals surface area (Å²) in [5, 5.41) is 10.2. The average Bonchev–Trinajstić information content (AvgIpc) is 3.10. The monoisotopic (exact) mass is 553 g/mol. The average molecular weight is 553 g/mol. The van der Waals surface area contributed by atoms with Crippen LogP contribution in [0.4, 0.5) is 13.2 Å². The number of nitrogens with zero attached hydrogens (tertiary/aromatic N) is 3. The van der Waals surface area contributed by atoms with E-state index in [1.807, 2.05) is 19.9 Å². The number of sulfonamides is 1. The maximum Gasteiger partial charge on any atom is 0.511 e. The third-order valence-corrected chi connectivity index (χ3v) is 6.22. The number of aromatic nitrogens is 1. The summed E-state index contributed by atoms with van der Waals surface area (Å²) < 4.78 is 66.4. The molecule has 13 heteroatoms. The van der Waals surface area contributed by atoms with Crippen molar-refractivity contribution < 1.29 is 26.1 Å². The number of hydrogen-bond acceptors (Lipinski definition) is 5. The van der Waals surface area contributed by atoms with Crippen LogP contribution < -0.4 is 10.6 Å². The molecule has 0 aromatic carbocycles. The molecular formula is C16H27F3IN5O3S. The Labute approximate surface area is 185 Å². The summed E-state index contributed by atoms with van der Waals surface area (Å²) in [5.41, 5.74) is -4.39. The lowest BCUT2D eigenvalue weighted by molar-refractivity contribution is -0.0496. The van der Waals surface area contributed by atoms with Gasteiger partial charge >= 0.3 is 15.5 Å². The predicted octanol–water partition coefficient (Wildman–Crippen LogP) is 2.64. The number of hydrogen-bond donors (Lipinski definition) is 2. The van der Waals surface area contributed by atoms with Gasteiger partial charge < -0.3 is 15.2 Å². The highest BCUT2D eigenvalue weighted by Gasteiger charge is 2.50. The minimum atomic E-state index is -5.25. The molecule has 1 aliphatic heterocycles. The number of rotatable bonds is 6. The lowest BCUT2D eigenvalue weighted by Gasteiger charge is -2.31. The molecule has 0 amide bonds. The van der Waals surface area contributed by atoms with Crippen molar-refractivity contribution in [2.24, 2.45) is 10.9 Å². The van der Waals surface area contributed by atoms with Gasteiger partial charge in [0.15, 0.2) is 11.7 Å². The second kappa shape index (κ2) is 10.8. The molecule has 1 saturated heterocycles. The van der Waals surface area contributed by atoms with E-state index in [4.69, 9.17) is 4.52 Å². The highest BCUT2D eigenvalue weighted by atomic mass is 127. The molecule has 0 unspecified atom stereocenters. The van der Waals surface area contributed by atoms with Crippen LogP contribution in [-0.4, -0.2) is 56.0 Å². The zero-order valence-electron chi connectivity index (χ0n) is 16.5. The van der Waals surface area contributed by atoms with Gasteiger partial charge in [-0.3, -0.25) is 4.99 Å². The van der Waals surface area contributed by atoms with Crippen LogP contribution in [0.15, 0.2) is 15.6 Å². The van der Waals surface area contributed by atoms with E-state index in [0.717, 1.165) is 5.69 Å². The summed E-state index contributed by atoms with van der Waals surface area (Å²) in [6.45, 7) is 4.61. The SMILES string of the molecule is CN=C(NCc1cc(C(C)C)no1)NCC1CCN(S(=O)(=O)C(F)(F)F)CC1.I. The van der Waals surface area contributed by atoms with E-state index in [-0.39, 0.29) is 48.9 Å². The Kier molecular flexibility index (Phi) is 9.66. The van der Waals surface area contributed by atoms with Crippen molar-refractivity contribution in [3.8, 4) is 0 Å². The second-order valence-electron chi connectivity index (χ2n) is 6.97. The number of alkyl halides is 3. The van der Waals surface area contributed by atoms with Crippen molar-refractivity contribution in [3.63, 3.8) is 0 Å². The molecule has 1 aromatic rings. The van der Waals surface area contributed by atoms with Crippen molar-refractivity contribution in [1.29, 1.82) is 0 Å². The van der Waals surface area contributed by atoms with Gasteiger partial charge in [-0.05, 0) is 24.7 Å². The van der Waals surface area contributed by atoms with E-state index < -0.39 is 15.5 Å². The normalized spacial score (nSPS) is 17.3. The van der Waals surface area contributed by atoms with Gasteiger partial charge in [-0.2, -0.15) is 17.5 Å². The van der Waals surface area contributed by atoms with Crippen molar-refractivity contribution in [1.82, 2.24) is 20.1 Å². The lowest BCUT2D eigenvalue weighted by atomic mass is 9.98. The first-order chi connectivity index (χ1) is 13.0. The third kappa shape index (κ3) is 6.98. The van der Waals surface area contributed by atoms with E-state index in [2.05, 4.69) is 20.8 Å². The Hall–Kier alpha value is -1.09. The largest absolute Gasteiger partial charge is 0.511 e. The van der Waals surface area contributed by atoms with Gasteiger partial charge in [0, 0.05) is 32.7 Å². The van der Waals surface area contributed by atoms with Gasteiger partial charge in [0.1, 0.15) is 0 Å². The summed E-state index contributed by atoms with van der Waals surface area (Å²) in [6.07, 6.45) is 0.693. The first-order valence-electron chi connectivity index (χ1n) is 9.01. The molecule has 0 atom stereocenters. The first kappa shape index (κ1) is 25.9. The fraction of sp³-hybridized carbons (Fsp3) is 0.750. The minimum Gasteiger partial charge on any atom is -0.359 e. The molecule has 2 rings (SSSR count). The van der Waals surface area contributed by atoms with Crippen LogP contribution in [0, 0.1) is 5.92 Å². The van der Waals surface area contributed by atoms with Gasteiger partial charge in [0.2, 0.25) is 0 Å². The van der Waals surface area contributed by atoms with Crippen molar-refractivity contribution in [2.45, 2.75) is 44.7 Å². The maximum absolute atomic E-state index is 12.6. The molecule has 0 spiro atoms. The van der Waals surface area contributed by atoms with Crippen molar-refractivity contribution in [3.05, 3.63) is 17.5 Å². The van der Waals surface area contributed by atoms with Crippen LogP contribution in [0.2, 0.25) is 0 Å². The molecule has 2 N–H and O–H groups in total. The van der Waals surface area contributed by atoms with E-state index in [1.54, 1.807) is 7.05 Å². The van der Waals surface area contributed by atoms with Crippen LogP contribution in [0.3, 0.4) is 0 Å². The van der Waals surface area contributed by atoms with Gasteiger partial charge in [0.25, 0.3) is 0 Å². The van der Waals surface area contributed by atoms with Gasteiger partial charge in [-0.15, -0.1) is 24.0 Å². The van der Waals surface area contributed by atoms with E-state index >= 15 is 0 Å². The highest BCUT2D eigenvalue weighted by Crippen LogP contribution is 2.30. The summed E-state index contributed by atoms with van der Waals surface area (Å²) in [4.78, 5) is 4.09. The molecular weight excluding hydrogens is 526 g/mol. The molecule has 1 aliphatic rings. The van der Waals surface area contributed by atoms with E-state index in [1.165, 1.54) is 0 Å². The number of guanidine groups is 1. The van der Waals surface area contributed by atoms with Crippen molar-refractivity contribution in [2.75, 3.05) is 26.7 Å². The molecule has 0 radical (unpaired) electrons. The summed E-state index contributed by atoms with van der Waals surface area (Å²) in [6, 6.07) is 1.86. The Morgan fingerprint density at radius 3 is 2.45 bits per heavy atom. The maximum atomic E-state index is 12.6. The Morgan fingerprint density at radius 2 is 1.97 bits per heavy atom. The molecule has 168 valence electrons. The number of halogens is 4. The van der Waals surface area contributed by atoms with Crippen molar-refractivity contribution >= 4 is 40.0 Å². The minimum absolute atomic E-state index is 0. The second-order valence-corrected chi connectivity index (χ2v) is 8.90. The number of aliphatic imine (C=N–C) groups is 1. The molecule has 2 heterocycles. The predicted molar refractivity (Wildman–Crippen MR) is 113 cm³/mol. The molecule has 1 fully saturated rings. The molecule has 0 saturated carbocycles. The Morgan fingerprint density at radius 1 is 1.34 bits per heavy atom. The molecule has 8 nitrogen and oxygen atoms in total. The smallest absolute Gasteiger partial charge is 0.359 e. The zero-order valence-corrected chi connectivity index (χ0v) is 19.6. The highest BCUT2D eigenvalue weighted by molar-refractivity contribution is 14.0. The molecule has 0 aliphatic carbocycles. The fourth-order valence-electron chi connectivity index (χ4n) is 2.82. The van der Waals surface area contributed by atoms with E-state index in [0.29, 0.717) is 42.0 Å². The Balaban J connectivity index is 0.00000420. The van der Waals surface area contributed by atoms with Gasteiger partial charge in [-0.25, -0.2) is 8.42 Å². The van der Waals surface area contributed by atoms with Gasteiger partial charge in [-0.1, -0.05) is 19.0 Å². The van der Waals surface area contributed by atoms with Gasteiger partial charge in [0.05, 0.1) is 12.2 Å². The number of nitrogens with one attached hydrogen (secondary N) is 2. The first-order valence-corrected chi connectivity index (χ1v) is 10.4. The topological polar surface area (TPSA) is 99.8 Å². The quantitative estimate of drug-likeness (QED) is 0.320. The fourth-order valence-corrected chi connectivity index (χ4v) is 3.80. The summed E-state index contributed by atoms with van der Waals surface area (Å²) in [7, 11) is -3.64. The van der Waals surface area contributed by atoms with Crippen LogP contribution in [0.5, 0.6) is 0 Å². The Bertz CT molecular complexity index is 775. The summed E-state index contributed by atoms with van der Waals surface area (Å²) >= 11 is 0. The molecule has 0 bridgehead atoms. The summed E-state index contributed by atoms with van der Waals surface area (Å²) in [5.74, 6) is 1.50. The van der Waals surface area contributed by atoms with Crippen LogP contribution in [-0.2, 0) is 16.6 Å². The molecule has 1 aromatic heterocycles. The zero-order chi connectivity index (χ0) is 20.9. The van der Waals surface area contributed by atoms with E-state index in [9.17, 15) is 21.6 Å². The third-order valence-electron chi connectivity index (χ3n) is 4.59. The lowest BCUT2D eigenvalue weighted by Crippen LogP contribution is -2.47. The standard InChI is InChI=1S/C16H26F3N5O3S.HI/c1-11(2)14-8-13(27-23-14)10-22-15(20-3)21-9-12-4-6-24(7-5-12)28(25,26)16(17,18)19;/h8,11-12H,4-7,9-10H2,1-3H3,(H2,20,21,22);1H. The van der Waals surface area contributed by atoms with Crippen LogP contribution in [0.25, 0.3) is 0 Å². The molecule has 29 heavy (non-hydrogen) atoms. The van der Waals surface area contributed by atoms with Crippen LogP contribution >= 0.6 is 24.0 Å².